The van der Waals surface area contributed by atoms with E-state index in [1.54, 1.807) is 20.5 Å². The molecule has 1 spiro atoms. The van der Waals surface area contributed by atoms with Crippen LogP contribution in [0.2, 0.25) is 0 Å². The summed E-state index contributed by atoms with van der Waals surface area (Å²) in [5.41, 5.74) is 1.57. The first kappa shape index (κ1) is 20.2. The minimum atomic E-state index is -0.514. The highest BCUT2D eigenvalue weighted by atomic mass is 16.5. The van der Waals surface area contributed by atoms with Gasteiger partial charge in [-0.15, -0.1) is 0 Å². The number of carbonyl (C=O) groups is 2. The lowest BCUT2D eigenvalue weighted by molar-refractivity contribution is -0.139. The molecule has 4 aliphatic heterocycles. The number of methoxy groups -OCH3 is 3. The minimum Gasteiger partial charge on any atom is -0.497 e. The quantitative estimate of drug-likeness (QED) is 0.735. The van der Waals surface area contributed by atoms with Crippen molar-refractivity contribution in [1.29, 1.82) is 0 Å². The number of nitrogens with zero attached hydrogens (tertiary/aromatic N) is 1. The molecule has 31 heavy (non-hydrogen) atoms. The van der Waals surface area contributed by atoms with Gasteiger partial charge < -0.3 is 24.3 Å². The molecular formula is C23H28N2O6. The average molecular weight is 428 g/mol. The van der Waals surface area contributed by atoms with Gasteiger partial charge in [0.05, 0.1) is 50.4 Å². The SMILES string of the molecule is COC(=O)C1=COC(C)C2CN3CCC4(NC(=O)c5c4ccc(OC)c5OC)C3CC12. The van der Waals surface area contributed by atoms with E-state index in [0.717, 1.165) is 31.5 Å². The molecule has 0 aliphatic carbocycles. The number of piperidine rings is 1. The summed E-state index contributed by atoms with van der Waals surface area (Å²) in [4.78, 5) is 28.0. The molecule has 1 N–H and O–H groups in total. The Balaban J connectivity index is 1.56. The van der Waals surface area contributed by atoms with E-state index in [1.165, 1.54) is 7.11 Å². The summed E-state index contributed by atoms with van der Waals surface area (Å²) in [6, 6.07) is 3.91. The van der Waals surface area contributed by atoms with Gasteiger partial charge in [-0.3, -0.25) is 9.69 Å². The fraction of sp³-hybridized carbons (Fsp3) is 0.565. The average Bonchev–Trinajstić information content (AvgIpc) is 3.29. The summed E-state index contributed by atoms with van der Waals surface area (Å²) in [5.74, 6) is 0.752. The first-order chi connectivity index (χ1) is 14.9. The van der Waals surface area contributed by atoms with Gasteiger partial charge in [-0.05, 0) is 31.4 Å². The predicted molar refractivity (Wildman–Crippen MR) is 111 cm³/mol. The number of esters is 1. The van der Waals surface area contributed by atoms with Crippen molar-refractivity contribution in [2.75, 3.05) is 34.4 Å². The van der Waals surface area contributed by atoms with E-state index >= 15 is 0 Å². The molecule has 0 saturated carbocycles. The third-order valence-corrected chi connectivity index (χ3v) is 7.67. The Hall–Kier alpha value is -2.74. The van der Waals surface area contributed by atoms with Crippen LogP contribution in [0.1, 0.15) is 35.7 Å². The third kappa shape index (κ3) is 2.70. The van der Waals surface area contributed by atoms with Gasteiger partial charge in [0.2, 0.25) is 0 Å². The fourth-order valence-electron chi connectivity index (χ4n) is 6.17. The van der Waals surface area contributed by atoms with Crippen molar-refractivity contribution in [3.8, 4) is 11.5 Å². The van der Waals surface area contributed by atoms with Gasteiger partial charge in [-0.1, -0.05) is 6.07 Å². The molecular weight excluding hydrogens is 400 g/mol. The van der Waals surface area contributed by atoms with Crippen molar-refractivity contribution < 1.29 is 28.5 Å². The number of rotatable bonds is 3. The Morgan fingerprint density at radius 3 is 2.77 bits per heavy atom. The second-order valence-electron chi connectivity index (χ2n) is 8.82. The van der Waals surface area contributed by atoms with Gasteiger partial charge >= 0.3 is 5.97 Å². The van der Waals surface area contributed by atoms with Crippen LogP contribution < -0.4 is 14.8 Å². The molecule has 0 bridgehead atoms. The molecule has 1 amide bonds. The third-order valence-electron chi connectivity index (χ3n) is 7.67. The van der Waals surface area contributed by atoms with Crippen molar-refractivity contribution in [2.24, 2.45) is 11.8 Å². The first-order valence-corrected chi connectivity index (χ1v) is 10.7. The fourth-order valence-corrected chi connectivity index (χ4v) is 6.17. The van der Waals surface area contributed by atoms with Crippen LogP contribution in [-0.2, 0) is 19.8 Å². The molecule has 5 unspecified atom stereocenters. The van der Waals surface area contributed by atoms with Crippen molar-refractivity contribution in [3.63, 3.8) is 0 Å². The maximum atomic E-state index is 13.1. The van der Waals surface area contributed by atoms with Crippen LogP contribution >= 0.6 is 0 Å². The normalized spacial score (nSPS) is 33.5. The maximum Gasteiger partial charge on any atom is 0.337 e. The Morgan fingerprint density at radius 2 is 2.06 bits per heavy atom. The number of fused-ring (bicyclic) bond motifs is 5. The number of carbonyl (C=O) groups excluding carboxylic acids is 2. The lowest BCUT2D eigenvalue weighted by atomic mass is 9.70. The van der Waals surface area contributed by atoms with Gasteiger partial charge in [0, 0.05) is 31.0 Å². The monoisotopic (exact) mass is 428 g/mol. The van der Waals surface area contributed by atoms with Gasteiger partial charge in [0.1, 0.15) is 0 Å². The van der Waals surface area contributed by atoms with Gasteiger partial charge in [-0.25, -0.2) is 4.79 Å². The van der Waals surface area contributed by atoms with Crippen LogP contribution in [0.5, 0.6) is 11.5 Å². The van der Waals surface area contributed by atoms with Crippen molar-refractivity contribution in [3.05, 3.63) is 35.1 Å². The minimum absolute atomic E-state index is 0.0192. The Kier molecular flexibility index (Phi) is 4.66. The van der Waals surface area contributed by atoms with Crippen LogP contribution in [0.25, 0.3) is 0 Å². The zero-order chi connectivity index (χ0) is 21.9. The van der Waals surface area contributed by atoms with Crippen LogP contribution in [0.15, 0.2) is 24.0 Å². The zero-order valence-electron chi connectivity index (χ0n) is 18.3. The molecule has 0 aromatic heterocycles. The zero-order valence-corrected chi connectivity index (χ0v) is 18.3. The van der Waals surface area contributed by atoms with E-state index in [-0.39, 0.29) is 35.9 Å². The number of hydrogen-bond acceptors (Lipinski definition) is 7. The summed E-state index contributed by atoms with van der Waals surface area (Å²) in [6.45, 7) is 3.73. The van der Waals surface area contributed by atoms with Crippen molar-refractivity contribution in [2.45, 2.75) is 37.5 Å². The number of nitrogens with one attached hydrogen (secondary N) is 1. The van der Waals surface area contributed by atoms with Gasteiger partial charge in [0.25, 0.3) is 5.91 Å². The molecule has 166 valence electrons. The highest BCUT2D eigenvalue weighted by molar-refractivity contribution is 6.03. The van der Waals surface area contributed by atoms with E-state index in [0.29, 0.717) is 22.6 Å². The molecule has 5 atom stereocenters. The number of hydrogen-bond donors (Lipinski definition) is 1. The molecule has 1 aromatic rings. The van der Waals surface area contributed by atoms with Crippen molar-refractivity contribution in [1.82, 2.24) is 10.2 Å². The Morgan fingerprint density at radius 1 is 1.26 bits per heavy atom. The summed E-state index contributed by atoms with van der Waals surface area (Å²) in [7, 11) is 4.52. The van der Waals surface area contributed by atoms with Crippen LogP contribution in [0, 0.1) is 11.8 Å². The highest BCUT2D eigenvalue weighted by Gasteiger charge is 2.59. The Labute approximate surface area is 181 Å². The summed E-state index contributed by atoms with van der Waals surface area (Å²) in [5, 5.41) is 3.30. The van der Waals surface area contributed by atoms with Crippen molar-refractivity contribution >= 4 is 11.9 Å². The Bertz CT molecular complexity index is 975. The molecule has 2 fully saturated rings. The lowest BCUT2D eigenvalue weighted by Crippen LogP contribution is -2.57. The standard InChI is InChI=1S/C23H28N2O6/c1-12-14-10-25-8-7-23(18(25)9-13(14)15(11-31-12)22(27)30-4)16-5-6-17(28-2)20(29-3)19(16)21(26)24-23/h5-6,11-14,18H,7-10H2,1-4H3,(H,24,26). The highest BCUT2D eigenvalue weighted by Crippen LogP contribution is 2.53. The largest absolute Gasteiger partial charge is 0.497 e. The molecule has 8 nitrogen and oxygen atoms in total. The van der Waals surface area contributed by atoms with Gasteiger partial charge in [-0.2, -0.15) is 0 Å². The second-order valence-corrected chi connectivity index (χ2v) is 8.82. The van der Waals surface area contributed by atoms with E-state index in [9.17, 15) is 9.59 Å². The summed E-state index contributed by atoms with van der Waals surface area (Å²) < 4.78 is 21.8. The predicted octanol–water partition coefficient (Wildman–Crippen LogP) is 1.83. The lowest BCUT2D eigenvalue weighted by Gasteiger charge is -2.48. The molecule has 8 heteroatoms. The van der Waals surface area contributed by atoms with Crippen LogP contribution in [-0.4, -0.2) is 63.3 Å². The van der Waals surface area contributed by atoms with E-state index in [2.05, 4.69) is 17.1 Å². The number of amides is 1. The molecule has 2 saturated heterocycles. The van der Waals surface area contributed by atoms with Gasteiger partial charge in [0.15, 0.2) is 11.5 Å². The topological polar surface area (TPSA) is 86.3 Å². The molecule has 0 radical (unpaired) electrons. The second kappa shape index (κ2) is 7.15. The number of benzene rings is 1. The first-order valence-electron chi connectivity index (χ1n) is 10.7. The van der Waals surface area contributed by atoms with E-state index in [4.69, 9.17) is 18.9 Å². The number of ether oxygens (including phenoxy) is 4. The molecule has 4 aliphatic rings. The summed E-state index contributed by atoms with van der Waals surface area (Å²) >= 11 is 0. The summed E-state index contributed by atoms with van der Waals surface area (Å²) in [6.07, 6.45) is 3.14. The van der Waals surface area contributed by atoms with Crippen LogP contribution in [0.4, 0.5) is 0 Å². The van der Waals surface area contributed by atoms with E-state index < -0.39 is 5.54 Å². The van der Waals surface area contributed by atoms with E-state index in [1.807, 2.05) is 12.1 Å². The molecule has 4 heterocycles. The molecule has 1 aromatic carbocycles. The van der Waals surface area contributed by atoms with Crippen LogP contribution in [0.3, 0.4) is 0 Å². The smallest absolute Gasteiger partial charge is 0.337 e. The molecule has 5 rings (SSSR count). The maximum absolute atomic E-state index is 13.1.